The Morgan fingerprint density at radius 2 is 0.826 bits per heavy atom. The van der Waals surface area contributed by atoms with E-state index in [4.69, 9.17) is 13.8 Å². The maximum atomic E-state index is 11.2. The Morgan fingerprint density at radius 3 is 1.30 bits per heavy atom. The third kappa shape index (κ3) is 12.2. The smallest absolute Gasteiger partial charge is 0.253 e. The van der Waals surface area contributed by atoms with Crippen LogP contribution in [-0.4, -0.2) is 38.3 Å². The molecular weight excluding hydrogens is 1550 g/mol. The Hall–Kier alpha value is -12.1. The molecule has 0 unspecified atom stereocenters. The van der Waals surface area contributed by atoms with Crippen LogP contribution < -0.4 is 71.5 Å². The van der Waals surface area contributed by atoms with Crippen molar-refractivity contribution in [2.45, 2.75) is 26.2 Å². The summed E-state index contributed by atoms with van der Waals surface area (Å²) in [5.74, 6) is 0.0569. The van der Waals surface area contributed by atoms with Crippen LogP contribution in [0.25, 0.3) is 61.2 Å². The molecule has 0 spiro atoms. The monoisotopic (exact) mass is 1680 g/mol. The second-order valence-electron chi connectivity index (χ2n) is 25.4. The molecule has 0 aliphatic heterocycles. The van der Waals surface area contributed by atoms with Gasteiger partial charge in [-0.25, -0.2) is 9.55 Å². The van der Waals surface area contributed by atoms with Crippen LogP contribution in [-0.2, 0) is 26.5 Å². The first-order valence-electron chi connectivity index (χ1n) is 57.6. The molecule has 109 heavy (non-hydrogen) atoms. The quantitative estimate of drug-likeness (QED) is 0.0371. The Kier molecular flexibility index (Phi) is 9.21. The molecule has 0 bridgehead atoms. The number of benzene rings is 15. The predicted molar refractivity (Wildman–Crippen MR) is 456 cm³/mol. The number of ether oxygens (including phenoxy) is 1. The van der Waals surface area contributed by atoms with E-state index in [0.717, 1.165) is 62.8 Å². The van der Waals surface area contributed by atoms with Gasteiger partial charge in [-0.3, -0.25) is 0 Å². The molecule has 0 atom stereocenters. The van der Waals surface area contributed by atoms with Gasteiger partial charge >= 0.3 is 0 Å². The molecule has 0 amide bonds. The van der Waals surface area contributed by atoms with Crippen molar-refractivity contribution in [3.63, 3.8) is 0 Å². The molecule has 18 rings (SSSR count). The topological polar surface area (TPSA) is 35.9 Å². The molecule has 3 aromatic heterocycles. The summed E-state index contributed by atoms with van der Waals surface area (Å²) in [7, 11) is -21.1. The van der Waals surface area contributed by atoms with E-state index < -0.39 is 416 Å². The zero-order valence-electron chi connectivity index (χ0n) is 106. The summed E-state index contributed by atoms with van der Waals surface area (Å²) in [6.07, 6.45) is 2.59. The average molecular weight is 1680 g/mol. The third-order valence-electron chi connectivity index (χ3n) is 18.6. The molecule has 0 N–H and O–H groups in total. The fraction of sp³-hybridized carbons (Fsp3) is 0.0400. The van der Waals surface area contributed by atoms with Gasteiger partial charge in [0.15, 0.2) is 35.3 Å². The molecule has 18 aromatic rings. The fourth-order valence-corrected chi connectivity index (χ4v) is 25.7. The molecule has 526 valence electrons. The number of hydrogen-bond acceptors (Lipinski definition) is 2. The summed E-state index contributed by atoms with van der Waals surface area (Å²) in [5.41, 5.74) is -2.96. The number of imidazole rings is 1. The van der Waals surface area contributed by atoms with Crippen molar-refractivity contribution in [2.24, 2.45) is 0 Å². The van der Waals surface area contributed by atoms with Crippen molar-refractivity contribution in [3.05, 3.63) is 429 Å². The first kappa shape index (κ1) is 34.0. The van der Waals surface area contributed by atoms with Crippen LogP contribution in [0.3, 0.4) is 0 Å². The van der Waals surface area contributed by atoms with E-state index in [9.17, 15) is 63.1 Å². The standard InChI is InChI=1S/C100H77N4OSi3.Pt/c1-100(2,3)76-66-67-101-98(70-76)104-92-59-32-31-58-90(92)91-64-63-79(72-94(91)104)105-78-38-34-37-77(71-78)102-73-103(93-65-62-75(69-95(93)102)74-36-33-57-89(68-74)106(80-39-13-4-14-40-80,81-41-15-5-16-42-81)82-43-17-6-18-44-82)99-96(107(83-45-19-7-20-46-83,84-47-21-8-22-48-84)85-49-23-9-24-50-85)60-35-61-97(99)108(86-51-25-10-26-52-86,87-53-27-11-28-54-87)88-55-29-12-30-56-88;/h4-70,73H,1-3H3;/q-1;/i4D,5D,6D,7D,8D,9D,10D,11D,12D,13D,14D,15D,16D,17D,18D,19D,20D,21D,22D,23D,24D,25D,26D,27D,28D,29D,30D,33D,36D,39D,40D,41D,42D,43D,44D,45D,46D,47D,48D,49D,50D,51D,52D,53D,54D,55D,56D,57D,68D;. The van der Waals surface area contributed by atoms with Crippen molar-refractivity contribution in [1.82, 2.24) is 14.1 Å². The first-order chi connectivity index (χ1) is 73.5. The van der Waals surface area contributed by atoms with E-state index in [1.165, 1.54) is 24.3 Å². The summed E-state index contributed by atoms with van der Waals surface area (Å²) in [5, 5.41) is -13.9. The number of para-hydroxylation sites is 2. The van der Waals surface area contributed by atoms with Crippen LogP contribution in [0.15, 0.2) is 412 Å². The minimum atomic E-state index is -7.17. The maximum Gasteiger partial charge on any atom is 0.253 e. The number of hydrogen-bond donors (Lipinski definition) is 0. The Morgan fingerprint density at radius 1 is 0.385 bits per heavy atom. The molecule has 5 nitrogen and oxygen atoms in total. The van der Waals surface area contributed by atoms with E-state index in [-0.39, 0.29) is 38.3 Å². The summed E-state index contributed by atoms with van der Waals surface area (Å²) in [4.78, 5) is 4.81. The van der Waals surface area contributed by atoms with E-state index >= 15 is 0 Å². The van der Waals surface area contributed by atoms with Crippen molar-refractivity contribution < 1.29 is 97.5 Å². The molecule has 15 aromatic carbocycles. The normalized spacial score (nSPS) is 18.2. The van der Waals surface area contributed by atoms with Gasteiger partial charge < -0.3 is 9.30 Å². The van der Waals surface area contributed by atoms with Crippen molar-refractivity contribution in [2.75, 3.05) is 0 Å². The molecule has 0 aliphatic carbocycles. The van der Waals surface area contributed by atoms with Gasteiger partial charge in [0.2, 0.25) is 0 Å². The van der Waals surface area contributed by atoms with Gasteiger partial charge in [-0.15, -0.1) is 29.7 Å². The summed E-state index contributed by atoms with van der Waals surface area (Å²) in [6.45, 7) is 6.00. The van der Waals surface area contributed by atoms with Crippen molar-refractivity contribution in [1.29, 1.82) is 0 Å². The van der Waals surface area contributed by atoms with Crippen molar-refractivity contribution in [3.8, 4) is 39.8 Å². The molecule has 0 fully saturated rings. The summed E-state index contributed by atoms with van der Waals surface area (Å²) in [6, 6.07) is -37.0. The molecule has 0 saturated carbocycles. The zero-order valence-corrected chi connectivity index (χ0v) is 62.3. The van der Waals surface area contributed by atoms with E-state index in [1.807, 2.05) is 55.7 Å². The first-order valence-corrected chi connectivity index (χ1v) is 39.1. The van der Waals surface area contributed by atoms with E-state index in [2.05, 4.69) is 12.1 Å². The number of fused-ring (bicyclic) bond motifs is 4. The van der Waals surface area contributed by atoms with Gasteiger partial charge in [0, 0.05) is 60.3 Å². The summed E-state index contributed by atoms with van der Waals surface area (Å²) < 4.78 is 496. The van der Waals surface area contributed by atoms with E-state index in [1.54, 1.807) is 18.3 Å². The molecular formula is C100H77N4OPtSi3-. The number of pyridine rings is 1. The van der Waals surface area contributed by atoms with Crippen LogP contribution in [0.4, 0.5) is 0 Å². The fourth-order valence-electron chi connectivity index (χ4n) is 13.9. The van der Waals surface area contributed by atoms with Crippen molar-refractivity contribution >= 4 is 119 Å². The average Bonchev–Trinajstić information content (AvgIpc) is 1.03. The van der Waals surface area contributed by atoms with Crippen LogP contribution >= 0.6 is 0 Å². The molecule has 3 heterocycles. The maximum absolute atomic E-state index is 11.2. The number of nitrogens with zero attached hydrogens (tertiary/aromatic N) is 4. The molecule has 0 radical (unpaired) electrons. The SMILES string of the molecule is [2H]c1c([2H])c([2H])c([Si](c2cccc([Si](c3c([2H])c([2H])c([2H])c([2H])c3[2H])(c3c([2H])c([2H])c([2H])c([2H])c3[2H])c3c([2H])c([2H])c([2H])c([2H])c3[2H])c2-[n+]2cn(-c3[c-]c(Oc4[c-]c5c(cc4)c4ccccc4n5-c4cc(C(C)(C)C)ccn4)ccc3)c3cc(-c4c([2H])c([2H])c([2H])c([Si](c5c([2H])c([2H])c([2H])c([2H])c5[2H])(c5c([2H])c([2H])c([2H])c([2H])c5[2H])c5c([2H])c([2H])c([2H])c([2H])c5[2H])c4[2H])ccc32)(c2c([2H])c([2H])c([2H])c([2H])c2[2H])c2c([2H])c([2H])c([2H])c([2H])c2[2H])c([2H])c1[2H].[Pt]. The van der Waals surface area contributed by atoms with Gasteiger partial charge in [0.1, 0.15) is 11.5 Å². The van der Waals surface area contributed by atoms with Gasteiger partial charge in [0.05, 0.1) is 67.2 Å². The van der Waals surface area contributed by atoms with Gasteiger partial charge in [0.25, 0.3) is 6.33 Å². The second kappa shape index (κ2) is 29.5. The number of aromatic nitrogens is 4. The molecule has 0 aliphatic rings. The molecule has 0 saturated heterocycles. The minimum absolute atomic E-state index is 0. The largest absolute Gasteiger partial charge is 0.509 e. The Bertz CT molecular complexity index is 8440. The Balaban J connectivity index is 0.0000168. The van der Waals surface area contributed by atoms with Gasteiger partial charge in [-0.2, -0.15) is 16.7 Å². The van der Waals surface area contributed by atoms with Gasteiger partial charge in [-0.05, 0) is 116 Å². The van der Waals surface area contributed by atoms with E-state index in [0.29, 0.717) is 22.2 Å². The molecule has 9 heteroatoms. The Labute approximate surface area is 724 Å². The van der Waals surface area contributed by atoms with Crippen LogP contribution in [0, 0.1) is 12.1 Å². The van der Waals surface area contributed by atoms with Gasteiger partial charge in [-0.1, -0.05) is 365 Å². The van der Waals surface area contributed by atoms with Crippen LogP contribution in [0.1, 0.15) is 93.5 Å². The zero-order chi connectivity index (χ0) is 115. The third-order valence-corrected chi connectivity index (χ3v) is 31.0. The van der Waals surface area contributed by atoms with Crippen LogP contribution in [0.2, 0.25) is 0 Å². The predicted octanol–water partition coefficient (Wildman–Crippen LogP) is 14.9. The minimum Gasteiger partial charge on any atom is -0.509 e. The second-order valence-corrected chi connectivity index (χ2v) is 35.9. The van der Waals surface area contributed by atoms with Crippen LogP contribution in [0.5, 0.6) is 11.5 Å². The summed E-state index contributed by atoms with van der Waals surface area (Å²) >= 11 is 0. The number of rotatable bonds is 18.